The maximum atomic E-state index is 12.2. The second-order valence-electron chi connectivity index (χ2n) is 5.42. The molecule has 6 nitrogen and oxygen atoms in total. The summed E-state index contributed by atoms with van der Waals surface area (Å²) in [5, 5.41) is 0.893. The molecule has 0 bridgehead atoms. The highest BCUT2D eigenvalue weighted by molar-refractivity contribution is 5.80. The fraction of sp³-hybridized carbons (Fsp3) is 0.412. The number of H-pyrrole nitrogens is 1. The third-order valence-electron chi connectivity index (χ3n) is 3.83. The van der Waals surface area contributed by atoms with E-state index in [0.717, 1.165) is 16.7 Å². The Morgan fingerprint density at radius 1 is 1.35 bits per heavy atom. The van der Waals surface area contributed by atoms with Crippen molar-refractivity contribution in [2.75, 3.05) is 20.8 Å². The Morgan fingerprint density at radius 3 is 2.74 bits per heavy atom. The number of fused-ring (bicyclic) bond motifs is 1. The maximum absolute atomic E-state index is 12.2. The number of aromatic amines is 1. The Kier molecular flexibility index (Phi) is 5.39. The van der Waals surface area contributed by atoms with Crippen molar-refractivity contribution < 1.29 is 14.3 Å². The molecule has 0 radical (unpaired) electrons. The number of nitrogens with zero attached hydrogens (tertiary/aromatic N) is 1. The molecule has 0 fully saturated rings. The van der Waals surface area contributed by atoms with Crippen LogP contribution in [-0.4, -0.2) is 42.7 Å². The SMILES string of the molecule is CCOc1ccc2[nH]c(=O)c(CN(C)[C@@H](C)C(=O)OC)cc2c1. The lowest BCUT2D eigenvalue weighted by Crippen LogP contribution is -2.37. The third kappa shape index (κ3) is 3.90. The molecule has 1 aromatic heterocycles. The fourth-order valence-corrected chi connectivity index (χ4v) is 2.36. The predicted molar refractivity (Wildman–Crippen MR) is 88.7 cm³/mol. The molecule has 0 saturated heterocycles. The van der Waals surface area contributed by atoms with Crippen LogP contribution >= 0.6 is 0 Å². The van der Waals surface area contributed by atoms with Crippen molar-refractivity contribution in [2.45, 2.75) is 26.4 Å². The van der Waals surface area contributed by atoms with Gasteiger partial charge in [-0.1, -0.05) is 0 Å². The van der Waals surface area contributed by atoms with Gasteiger partial charge in [-0.25, -0.2) is 0 Å². The predicted octanol–water partition coefficient (Wildman–Crippen LogP) is 1.92. The van der Waals surface area contributed by atoms with Crippen LogP contribution < -0.4 is 10.3 Å². The van der Waals surface area contributed by atoms with Crippen LogP contribution in [0, 0.1) is 0 Å². The van der Waals surface area contributed by atoms with Gasteiger partial charge in [-0.3, -0.25) is 14.5 Å². The summed E-state index contributed by atoms with van der Waals surface area (Å²) in [7, 11) is 3.13. The number of esters is 1. The second kappa shape index (κ2) is 7.28. The summed E-state index contributed by atoms with van der Waals surface area (Å²) in [6.45, 7) is 4.60. The summed E-state index contributed by atoms with van der Waals surface area (Å²) in [6.07, 6.45) is 0. The van der Waals surface area contributed by atoms with Crippen LogP contribution in [0.3, 0.4) is 0 Å². The van der Waals surface area contributed by atoms with Crippen molar-refractivity contribution in [3.63, 3.8) is 0 Å². The minimum Gasteiger partial charge on any atom is -0.494 e. The molecule has 124 valence electrons. The second-order valence-corrected chi connectivity index (χ2v) is 5.42. The lowest BCUT2D eigenvalue weighted by Gasteiger charge is -2.22. The van der Waals surface area contributed by atoms with Gasteiger partial charge in [0.15, 0.2) is 0 Å². The molecule has 0 aliphatic carbocycles. The molecule has 1 atom stereocenters. The first-order chi connectivity index (χ1) is 11.0. The van der Waals surface area contributed by atoms with E-state index >= 15 is 0 Å². The van der Waals surface area contributed by atoms with Crippen LogP contribution in [0.1, 0.15) is 19.4 Å². The van der Waals surface area contributed by atoms with E-state index in [1.165, 1.54) is 7.11 Å². The molecule has 2 rings (SSSR count). The summed E-state index contributed by atoms with van der Waals surface area (Å²) < 4.78 is 10.2. The van der Waals surface area contributed by atoms with E-state index in [0.29, 0.717) is 18.7 Å². The van der Waals surface area contributed by atoms with Crippen LogP contribution in [0.2, 0.25) is 0 Å². The number of hydrogen-bond donors (Lipinski definition) is 1. The lowest BCUT2D eigenvalue weighted by atomic mass is 10.1. The zero-order chi connectivity index (χ0) is 17.0. The number of methoxy groups -OCH3 is 1. The summed E-state index contributed by atoms with van der Waals surface area (Å²) >= 11 is 0. The quantitative estimate of drug-likeness (QED) is 0.824. The Morgan fingerprint density at radius 2 is 2.09 bits per heavy atom. The average molecular weight is 318 g/mol. The van der Waals surface area contributed by atoms with Gasteiger partial charge in [0, 0.05) is 23.0 Å². The summed E-state index contributed by atoms with van der Waals surface area (Å²) in [4.78, 5) is 28.4. The highest BCUT2D eigenvalue weighted by atomic mass is 16.5. The first-order valence-electron chi connectivity index (χ1n) is 7.53. The molecule has 6 heteroatoms. The van der Waals surface area contributed by atoms with Crippen molar-refractivity contribution >= 4 is 16.9 Å². The molecule has 0 saturated carbocycles. The van der Waals surface area contributed by atoms with Crippen LogP contribution in [0.4, 0.5) is 0 Å². The number of pyridine rings is 1. The number of rotatable bonds is 6. The Hall–Kier alpha value is -2.34. The van der Waals surface area contributed by atoms with E-state index in [-0.39, 0.29) is 11.5 Å². The smallest absolute Gasteiger partial charge is 0.322 e. The first kappa shape index (κ1) is 17.0. The first-order valence-corrected chi connectivity index (χ1v) is 7.53. The van der Waals surface area contributed by atoms with Crippen LogP contribution in [0.15, 0.2) is 29.1 Å². The topological polar surface area (TPSA) is 71.6 Å². The number of hydrogen-bond acceptors (Lipinski definition) is 5. The van der Waals surface area contributed by atoms with E-state index in [2.05, 4.69) is 4.98 Å². The molecule has 1 aromatic carbocycles. The van der Waals surface area contributed by atoms with Gasteiger partial charge in [-0.15, -0.1) is 0 Å². The molecule has 0 aliphatic rings. The van der Waals surface area contributed by atoms with Gasteiger partial charge in [0.05, 0.1) is 13.7 Å². The fourth-order valence-electron chi connectivity index (χ4n) is 2.36. The molecular formula is C17H22N2O4. The standard InChI is InChI=1S/C17H22N2O4/c1-5-23-14-6-7-15-12(9-14)8-13(16(20)18-15)10-19(3)11(2)17(21)22-4/h6-9,11H,5,10H2,1-4H3,(H,18,20)/t11-/m0/s1. The van der Waals surface area contributed by atoms with E-state index in [4.69, 9.17) is 9.47 Å². The molecular weight excluding hydrogens is 296 g/mol. The molecule has 2 aromatic rings. The van der Waals surface area contributed by atoms with E-state index < -0.39 is 6.04 Å². The number of likely N-dealkylation sites (N-methyl/N-ethyl adjacent to an activating group) is 1. The Labute approximate surface area is 135 Å². The van der Waals surface area contributed by atoms with Gasteiger partial charge in [-0.2, -0.15) is 0 Å². The molecule has 0 aliphatic heterocycles. The van der Waals surface area contributed by atoms with Crippen molar-refractivity contribution in [3.05, 3.63) is 40.2 Å². The van der Waals surface area contributed by atoms with E-state index in [1.54, 1.807) is 18.9 Å². The summed E-state index contributed by atoms with van der Waals surface area (Å²) in [5.41, 5.74) is 1.18. The van der Waals surface area contributed by atoms with Gasteiger partial charge >= 0.3 is 5.97 Å². The lowest BCUT2D eigenvalue weighted by molar-refractivity contribution is -0.145. The van der Waals surface area contributed by atoms with Gasteiger partial charge in [-0.05, 0) is 45.2 Å². The minimum atomic E-state index is -0.426. The third-order valence-corrected chi connectivity index (χ3v) is 3.83. The van der Waals surface area contributed by atoms with Gasteiger partial charge in [0.1, 0.15) is 11.8 Å². The maximum Gasteiger partial charge on any atom is 0.322 e. The van der Waals surface area contributed by atoms with E-state index in [1.807, 2.05) is 31.2 Å². The van der Waals surface area contributed by atoms with Crippen molar-refractivity contribution in [1.82, 2.24) is 9.88 Å². The Balaban J connectivity index is 2.31. The van der Waals surface area contributed by atoms with Crippen LogP contribution in [-0.2, 0) is 16.1 Å². The Bertz CT molecular complexity index is 754. The van der Waals surface area contributed by atoms with E-state index in [9.17, 15) is 9.59 Å². The summed E-state index contributed by atoms with van der Waals surface area (Å²) in [5.74, 6) is 0.428. The van der Waals surface area contributed by atoms with Crippen molar-refractivity contribution in [3.8, 4) is 5.75 Å². The molecule has 23 heavy (non-hydrogen) atoms. The van der Waals surface area contributed by atoms with Gasteiger partial charge in [0.2, 0.25) is 0 Å². The van der Waals surface area contributed by atoms with Gasteiger partial charge in [0.25, 0.3) is 5.56 Å². The number of ether oxygens (including phenoxy) is 2. The van der Waals surface area contributed by atoms with Gasteiger partial charge < -0.3 is 14.5 Å². The van der Waals surface area contributed by atoms with Crippen LogP contribution in [0.5, 0.6) is 5.75 Å². The molecule has 1 heterocycles. The number of benzene rings is 1. The van der Waals surface area contributed by atoms with Crippen molar-refractivity contribution in [2.24, 2.45) is 0 Å². The zero-order valence-corrected chi connectivity index (χ0v) is 13.9. The highest BCUT2D eigenvalue weighted by Crippen LogP contribution is 2.19. The van der Waals surface area contributed by atoms with Crippen molar-refractivity contribution in [1.29, 1.82) is 0 Å². The molecule has 0 spiro atoms. The number of carbonyl (C=O) groups excluding carboxylic acids is 1. The number of aromatic nitrogens is 1. The molecule has 0 unspecified atom stereocenters. The molecule has 0 amide bonds. The molecule has 1 N–H and O–H groups in total. The zero-order valence-electron chi connectivity index (χ0n) is 13.9. The monoisotopic (exact) mass is 318 g/mol. The van der Waals surface area contributed by atoms with Crippen LogP contribution in [0.25, 0.3) is 10.9 Å². The number of nitrogens with one attached hydrogen (secondary N) is 1. The summed E-state index contributed by atoms with van der Waals surface area (Å²) in [6, 6.07) is 6.95. The minimum absolute atomic E-state index is 0.162. The normalized spacial score (nSPS) is 12.4. The average Bonchev–Trinajstić information content (AvgIpc) is 2.54. The largest absolute Gasteiger partial charge is 0.494 e. The number of carbonyl (C=O) groups is 1. The highest BCUT2D eigenvalue weighted by Gasteiger charge is 2.19.